The summed E-state index contributed by atoms with van der Waals surface area (Å²) in [4.78, 5) is 10.9. The first-order valence-corrected chi connectivity index (χ1v) is 4.92. The maximum atomic E-state index is 10.9. The topological polar surface area (TPSA) is 95.9 Å². The molecular weight excluding hydrogens is 206 g/mol. The number of carbonyl (C=O) groups excluding carboxylic acids is 1. The van der Waals surface area contributed by atoms with Crippen LogP contribution in [-0.2, 0) is 16.1 Å². The summed E-state index contributed by atoms with van der Waals surface area (Å²) in [6.07, 6.45) is 0. The van der Waals surface area contributed by atoms with E-state index >= 15 is 0 Å². The molecule has 78 valence electrons. The van der Waals surface area contributed by atoms with Crippen molar-refractivity contribution >= 4 is 17.7 Å². The minimum absolute atomic E-state index is 0.0242. The standard InChI is InChI=1S/C6H11N5O2S/c1-13-5(12)4-11-6(8-9-10-11)14-3-2-7/h2-4,7H2,1H3. The van der Waals surface area contributed by atoms with E-state index in [1.54, 1.807) is 0 Å². The second kappa shape index (κ2) is 5.55. The molecule has 0 spiro atoms. The highest BCUT2D eigenvalue weighted by molar-refractivity contribution is 7.99. The first-order valence-electron chi connectivity index (χ1n) is 3.93. The van der Waals surface area contributed by atoms with Crippen LogP contribution >= 0.6 is 11.8 Å². The van der Waals surface area contributed by atoms with Gasteiger partial charge in [0.25, 0.3) is 0 Å². The van der Waals surface area contributed by atoms with Crippen molar-refractivity contribution in [2.75, 3.05) is 19.4 Å². The van der Waals surface area contributed by atoms with Crippen LogP contribution in [0.1, 0.15) is 0 Å². The third-order valence-electron chi connectivity index (χ3n) is 1.35. The molecule has 7 nitrogen and oxygen atoms in total. The summed E-state index contributed by atoms with van der Waals surface area (Å²) in [5, 5.41) is 11.4. The fraction of sp³-hybridized carbons (Fsp3) is 0.667. The van der Waals surface area contributed by atoms with Crippen LogP contribution in [0, 0.1) is 0 Å². The summed E-state index contributed by atoms with van der Waals surface area (Å²) in [6, 6.07) is 0. The van der Waals surface area contributed by atoms with Crippen LogP contribution in [0.25, 0.3) is 0 Å². The number of methoxy groups -OCH3 is 1. The smallest absolute Gasteiger partial charge is 0.327 e. The molecule has 0 amide bonds. The van der Waals surface area contributed by atoms with Crippen molar-refractivity contribution in [2.45, 2.75) is 11.7 Å². The van der Waals surface area contributed by atoms with E-state index in [2.05, 4.69) is 20.3 Å². The molecule has 8 heteroatoms. The number of aromatic nitrogens is 4. The number of thioether (sulfide) groups is 1. The lowest BCUT2D eigenvalue weighted by Gasteiger charge is -2.01. The molecule has 0 aliphatic heterocycles. The number of nitrogens with two attached hydrogens (primary N) is 1. The summed E-state index contributed by atoms with van der Waals surface area (Å²) in [5.41, 5.74) is 5.33. The molecular formula is C6H11N5O2S. The maximum Gasteiger partial charge on any atom is 0.327 e. The zero-order valence-corrected chi connectivity index (χ0v) is 8.53. The number of hydrogen-bond acceptors (Lipinski definition) is 7. The minimum atomic E-state index is -0.383. The van der Waals surface area contributed by atoms with E-state index in [4.69, 9.17) is 5.73 Å². The molecule has 0 unspecified atom stereocenters. The Morgan fingerprint density at radius 2 is 2.50 bits per heavy atom. The number of ether oxygens (including phenoxy) is 1. The molecule has 2 N–H and O–H groups in total. The van der Waals surface area contributed by atoms with E-state index in [0.29, 0.717) is 17.5 Å². The Balaban J connectivity index is 2.57. The molecule has 0 aromatic carbocycles. The molecule has 14 heavy (non-hydrogen) atoms. The molecule has 1 heterocycles. The molecule has 0 saturated heterocycles. The Morgan fingerprint density at radius 1 is 1.71 bits per heavy atom. The Hall–Kier alpha value is -1.15. The monoisotopic (exact) mass is 217 g/mol. The van der Waals surface area contributed by atoms with Crippen LogP contribution in [-0.4, -0.2) is 45.6 Å². The van der Waals surface area contributed by atoms with Gasteiger partial charge in [0.05, 0.1) is 7.11 Å². The maximum absolute atomic E-state index is 10.9. The Bertz CT molecular complexity index is 302. The van der Waals surface area contributed by atoms with Crippen molar-refractivity contribution in [2.24, 2.45) is 5.73 Å². The van der Waals surface area contributed by atoms with Crippen LogP contribution in [0.15, 0.2) is 5.16 Å². The number of carbonyl (C=O) groups is 1. The summed E-state index contributed by atoms with van der Waals surface area (Å²) < 4.78 is 5.87. The van der Waals surface area contributed by atoms with Gasteiger partial charge in [0.1, 0.15) is 6.54 Å². The predicted molar refractivity (Wildman–Crippen MR) is 49.6 cm³/mol. The Morgan fingerprint density at radius 3 is 3.14 bits per heavy atom. The number of esters is 1. The summed E-state index contributed by atoms with van der Waals surface area (Å²) in [5.74, 6) is 0.327. The van der Waals surface area contributed by atoms with Gasteiger partial charge in [-0.2, -0.15) is 0 Å². The molecule has 0 aliphatic rings. The molecule has 1 aromatic rings. The highest BCUT2D eigenvalue weighted by Gasteiger charge is 2.10. The van der Waals surface area contributed by atoms with E-state index in [1.165, 1.54) is 23.6 Å². The van der Waals surface area contributed by atoms with Gasteiger partial charge in [-0.05, 0) is 10.4 Å². The third-order valence-corrected chi connectivity index (χ3v) is 2.35. The van der Waals surface area contributed by atoms with E-state index in [-0.39, 0.29) is 12.5 Å². The highest BCUT2D eigenvalue weighted by Crippen LogP contribution is 2.11. The van der Waals surface area contributed by atoms with E-state index in [1.807, 2.05) is 0 Å². The fourth-order valence-electron chi connectivity index (χ4n) is 0.736. The van der Waals surface area contributed by atoms with Crippen molar-refractivity contribution in [3.05, 3.63) is 0 Å². The summed E-state index contributed by atoms with van der Waals surface area (Å²) in [6.45, 7) is 0.562. The van der Waals surface area contributed by atoms with Crippen LogP contribution in [0.4, 0.5) is 0 Å². The molecule has 0 fully saturated rings. The van der Waals surface area contributed by atoms with Gasteiger partial charge in [0, 0.05) is 12.3 Å². The van der Waals surface area contributed by atoms with Gasteiger partial charge in [-0.25, -0.2) is 4.68 Å². The van der Waals surface area contributed by atoms with Crippen LogP contribution < -0.4 is 5.73 Å². The normalized spacial score (nSPS) is 10.1. The highest BCUT2D eigenvalue weighted by atomic mass is 32.2. The van der Waals surface area contributed by atoms with Gasteiger partial charge < -0.3 is 10.5 Å². The lowest BCUT2D eigenvalue weighted by atomic mass is 10.7. The van der Waals surface area contributed by atoms with Crippen molar-refractivity contribution in [3.8, 4) is 0 Å². The molecule has 0 radical (unpaired) electrons. The third kappa shape index (κ3) is 2.96. The number of rotatable bonds is 5. The summed E-state index contributed by atoms with van der Waals surface area (Å²) >= 11 is 1.40. The Labute approximate surface area is 85.0 Å². The van der Waals surface area contributed by atoms with Gasteiger partial charge in [-0.15, -0.1) is 5.10 Å². The van der Waals surface area contributed by atoms with Gasteiger partial charge in [0.2, 0.25) is 5.16 Å². The molecule has 0 atom stereocenters. The van der Waals surface area contributed by atoms with E-state index in [0.717, 1.165) is 0 Å². The van der Waals surface area contributed by atoms with Gasteiger partial charge >= 0.3 is 5.97 Å². The van der Waals surface area contributed by atoms with Crippen molar-refractivity contribution < 1.29 is 9.53 Å². The molecule has 1 aromatic heterocycles. The van der Waals surface area contributed by atoms with Gasteiger partial charge in [0.15, 0.2) is 0 Å². The van der Waals surface area contributed by atoms with Crippen LogP contribution in [0.3, 0.4) is 0 Å². The largest absolute Gasteiger partial charge is 0.468 e. The summed E-state index contributed by atoms with van der Waals surface area (Å²) in [7, 11) is 1.32. The lowest BCUT2D eigenvalue weighted by Crippen LogP contribution is -2.14. The first-order chi connectivity index (χ1) is 6.77. The molecule has 0 aliphatic carbocycles. The van der Waals surface area contributed by atoms with Crippen molar-refractivity contribution in [1.29, 1.82) is 0 Å². The quantitative estimate of drug-likeness (QED) is 0.493. The number of hydrogen-bond donors (Lipinski definition) is 1. The number of nitrogens with zero attached hydrogens (tertiary/aromatic N) is 4. The van der Waals surface area contributed by atoms with Crippen LogP contribution in [0.2, 0.25) is 0 Å². The lowest BCUT2D eigenvalue weighted by molar-refractivity contribution is -0.141. The molecule has 1 rings (SSSR count). The Kier molecular flexibility index (Phi) is 4.33. The van der Waals surface area contributed by atoms with Gasteiger partial charge in [-0.3, -0.25) is 4.79 Å². The second-order valence-corrected chi connectivity index (χ2v) is 3.39. The molecule has 0 bridgehead atoms. The van der Waals surface area contributed by atoms with E-state index in [9.17, 15) is 4.79 Å². The predicted octanol–water partition coefficient (Wildman–Crippen LogP) is -1.10. The van der Waals surface area contributed by atoms with Crippen LogP contribution in [0.5, 0.6) is 0 Å². The minimum Gasteiger partial charge on any atom is -0.468 e. The van der Waals surface area contributed by atoms with E-state index < -0.39 is 0 Å². The average molecular weight is 217 g/mol. The zero-order valence-electron chi connectivity index (χ0n) is 7.71. The fourth-order valence-corrected chi connectivity index (χ4v) is 1.38. The average Bonchev–Trinajstić information content (AvgIpc) is 2.62. The second-order valence-electron chi connectivity index (χ2n) is 2.33. The van der Waals surface area contributed by atoms with Crippen molar-refractivity contribution in [1.82, 2.24) is 20.2 Å². The van der Waals surface area contributed by atoms with Crippen molar-refractivity contribution in [3.63, 3.8) is 0 Å². The molecule has 0 saturated carbocycles. The zero-order chi connectivity index (χ0) is 10.4. The first kappa shape index (κ1) is 10.9. The number of tetrazole rings is 1. The van der Waals surface area contributed by atoms with Gasteiger partial charge in [-0.1, -0.05) is 11.8 Å². The SMILES string of the molecule is COC(=O)Cn1nnnc1SCCN.